The maximum Gasteiger partial charge on any atom is 0.187 e. The zero-order chi connectivity index (χ0) is 13.8. The molecule has 1 saturated carbocycles. The summed E-state index contributed by atoms with van der Waals surface area (Å²) in [7, 11) is 0. The molecule has 106 valence electrons. The Balaban J connectivity index is 1.86. The molecule has 1 aliphatic rings. The van der Waals surface area contributed by atoms with Gasteiger partial charge in [-0.25, -0.2) is 8.78 Å². The fourth-order valence-electron chi connectivity index (χ4n) is 2.49. The van der Waals surface area contributed by atoms with E-state index >= 15 is 0 Å². The molecule has 2 rings (SSSR count). The first kappa shape index (κ1) is 14.6. The van der Waals surface area contributed by atoms with E-state index in [1.165, 1.54) is 18.6 Å². The standard InChI is InChI=1S/C14H19F2NOS/c1-2-19-11-4-3-10(7-11)17-8-9-5-12(15)14(18)13(16)6-9/h5-6,10-11,17-18H,2-4,7-8H2,1H3. The first-order chi connectivity index (χ1) is 9.10. The zero-order valence-corrected chi connectivity index (χ0v) is 11.8. The number of hydrogen-bond acceptors (Lipinski definition) is 3. The van der Waals surface area contributed by atoms with Crippen LogP contribution in [0.15, 0.2) is 12.1 Å². The summed E-state index contributed by atoms with van der Waals surface area (Å²) < 4.78 is 26.4. The normalized spacial score (nSPS) is 22.9. The first-order valence-electron chi connectivity index (χ1n) is 6.62. The summed E-state index contributed by atoms with van der Waals surface area (Å²) >= 11 is 1.98. The van der Waals surface area contributed by atoms with Gasteiger partial charge in [0.05, 0.1) is 0 Å². The van der Waals surface area contributed by atoms with Crippen LogP contribution in [0.1, 0.15) is 31.7 Å². The lowest BCUT2D eigenvalue weighted by Crippen LogP contribution is -2.26. The van der Waals surface area contributed by atoms with E-state index in [4.69, 9.17) is 5.11 Å². The average molecular weight is 287 g/mol. The number of halogens is 2. The molecule has 2 N–H and O–H groups in total. The van der Waals surface area contributed by atoms with Gasteiger partial charge in [0.1, 0.15) is 0 Å². The third-order valence-corrected chi connectivity index (χ3v) is 4.69. The van der Waals surface area contributed by atoms with Crippen LogP contribution in [0.4, 0.5) is 8.78 Å². The third kappa shape index (κ3) is 3.83. The molecule has 0 bridgehead atoms. The smallest absolute Gasteiger partial charge is 0.187 e. The molecule has 0 saturated heterocycles. The van der Waals surface area contributed by atoms with Crippen LogP contribution in [0.25, 0.3) is 0 Å². The summed E-state index contributed by atoms with van der Waals surface area (Å²) in [6.07, 6.45) is 3.43. The van der Waals surface area contributed by atoms with E-state index in [9.17, 15) is 8.78 Å². The van der Waals surface area contributed by atoms with Crippen molar-refractivity contribution in [3.63, 3.8) is 0 Å². The van der Waals surface area contributed by atoms with Gasteiger partial charge in [0.25, 0.3) is 0 Å². The highest BCUT2D eigenvalue weighted by molar-refractivity contribution is 7.99. The summed E-state index contributed by atoms with van der Waals surface area (Å²) in [5.41, 5.74) is 0.527. The van der Waals surface area contributed by atoms with E-state index in [-0.39, 0.29) is 0 Å². The monoisotopic (exact) mass is 287 g/mol. The number of hydrogen-bond donors (Lipinski definition) is 2. The van der Waals surface area contributed by atoms with E-state index in [2.05, 4.69) is 12.2 Å². The van der Waals surface area contributed by atoms with Crippen LogP contribution in [-0.2, 0) is 6.54 Å². The highest BCUT2D eigenvalue weighted by atomic mass is 32.2. The van der Waals surface area contributed by atoms with Gasteiger partial charge in [-0.1, -0.05) is 6.92 Å². The van der Waals surface area contributed by atoms with E-state index in [0.717, 1.165) is 18.6 Å². The van der Waals surface area contributed by atoms with Gasteiger partial charge in [0, 0.05) is 17.8 Å². The van der Waals surface area contributed by atoms with E-state index in [1.54, 1.807) is 0 Å². The molecule has 2 nitrogen and oxygen atoms in total. The van der Waals surface area contributed by atoms with Gasteiger partial charge in [-0.2, -0.15) is 11.8 Å². The van der Waals surface area contributed by atoms with Crippen molar-refractivity contribution in [3.05, 3.63) is 29.3 Å². The number of phenolic OH excluding ortho intramolecular Hbond substituents is 1. The number of rotatable bonds is 5. The molecule has 19 heavy (non-hydrogen) atoms. The number of aromatic hydroxyl groups is 1. The lowest BCUT2D eigenvalue weighted by Gasteiger charge is -2.13. The summed E-state index contributed by atoms with van der Waals surface area (Å²) in [6, 6.07) is 2.78. The van der Waals surface area contributed by atoms with Crippen LogP contribution >= 0.6 is 11.8 Å². The number of thioether (sulfide) groups is 1. The van der Waals surface area contributed by atoms with Gasteiger partial charge < -0.3 is 10.4 Å². The fraction of sp³-hybridized carbons (Fsp3) is 0.571. The van der Waals surface area contributed by atoms with Crippen molar-refractivity contribution in [1.82, 2.24) is 5.32 Å². The molecule has 1 aromatic carbocycles. The lowest BCUT2D eigenvalue weighted by atomic mass is 10.1. The molecule has 0 spiro atoms. The Bertz CT molecular complexity index is 418. The minimum atomic E-state index is -0.900. The van der Waals surface area contributed by atoms with E-state index in [0.29, 0.717) is 23.4 Å². The number of phenols is 1. The van der Waals surface area contributed by atoms with Crippen molar-refractivity contribution >= 4 is 11.8 Å². The maximum atomic E-state index is 13.2. The Morgan fingerprint density at radius 1 is 1.32 bits per heavy atom. The van der Waals surface area contributed by atoms with Crippen molar-refractivity contribution < 1.29 is 13.9 Å². The summed E-state index contributed by atoms with van der Waals surface area (Å²) in [4.78, 5) is 0. The maximum absolute atomic E-state index is 13.2. The number of nitrogens with one attached hydrogen (secondary N) is 1. The average Bonchev–Trinajstić information content (AvgIpc) is 2.81. The van der Waals surface area contributed by atoms with Gasteiger partial charge in [0.2, 0.25) is 0 Å². The minimum Gasteiger partial charge on any atom is -0.503 e. The molecule has 0 radical (unpaired) electrons. The minimum absolute atomic E-state index is 0.420. The van der Waals surface area contributed by atoms with Gasteiger partial charge in [-0.05, 0) is 42.7 Å². The molecule has 5 heteroatoms. The second-order valence-corrected chi connectivity index (χ2v) is 6.45. The Labute approximate surface area is 116 Å². The second kappa shape index (κ2) is 6.57. The van der Waals surface area contributed by atoms with Crippen LogP contribution < -0.4 is 5.32 Å². The molecule has 2 atom stereocenters. The zero-order valence-electron chi connectivity index (χ0n) is 11.0. The van der Waals surface area contributed by atoms with Crippen LogP contribution in [0.2, 0.25) is 0 Å². The Morgan fingerprint density at radius 3 is 2.63 bits per heavy atom. The van der Waals surface area contributed by atoms with E-state index < -0.39 is 17.4 Å². The molecule has 2 unspecified atom stereocenters. The molecule has 1 aliphatic carbocycles. The van der Waals surface area contributed by atoms with Gasteiger partial charge in [0.15, 0.2) is 17.4 Å². The predicted molar refractivity (Wildman–Crippen MR) is 74.4 cm³/mol. The van der Waals surface area contributed by atoms with Crippen molar-refractivity contribution in [1.29, 1.82) is 0 Å². The van der Waals surface area contributed by atoms with Gasteiger partial charge >= 0.3 is 0 Å². The molecule has 0 heterocycles. The lowest BCUT2D eigenvalue weighted by molar-refractivity contribution is 0.394. The Hall–Kier alpha value is -0.810. The van der Waals surface area contributed by atoms with Crippen molar-refractivity contribution in [2.75, 3.05) is 5.75 Å². The summed E-state index contributed by atoms with van der Waals surface area (Å²) in [5.74, 6) is -1.57. The van der Waals surface area contributed by atoms with Crippen molar-refractivity contribution in [2.45, 2.75) is 44.0 Å². The second-order valence-electron chi connectivity index (χ2n) is 4.88. The highest BCUT2D eigenvalue weighted by Gasteiger charge is 2.24. The van der Waals surface area contributed by atoms with Crippen LogP contribution in [-0.4, -0.2) is 22.2 Å². The van der Waals surface area contributed by atoms with Crippen molar-refractivity contribution in [2.24, 2.45) is 0 Å². The summed E-state index contributed by atoms with van der Waals surface area (Å²) in [5, 5.41) is 13.1. The molecule has 1 fully saturated rings. The van der Waals surface area contributed by atoms with Crippen LogP contribution in [0, 0.1) is 11.6 Å². The largest absolute Gasteiger partial charge is 0.503 e. The molecule has 0 aliphatic heterocycles. The molecular weight excluding hydrogens is 268 g/mol. The topological polar surface area (TPSA) is 32.3 Å². The first-order valence-corrected chi connectivity index (χ1v) is 7.67. The van der Waals surface area contributed by atoms with Gasteiger partial charge in [-0.15, -0.1) is 0 Å². The third-order valence-electron chi connectivity index (χ3n) is 3.46. The molecule has 1 aromatic rings. The highest BCUT2D eigenvalue weighted by Crippen LogP contribution is 2.30. The van der Waals surface area contributed by atoms with Crippen LogP contribution in [0.3, 0.4) is 0 Å². The summed E-state index contributed by atoms with van der Waals surface area (Å²) in [6.45, 7) is 2.59. The quantitative estimate of drug-likeness (QED) is 0.870. The Kier molecular flexibility index (Phi) is 5.05. The fourth-order valence-corrected chi connectivity index (χ4v) is 3.64. The van der Waals surface area contributed by atoms with Crippen molar-refractivity contribution in [3.8, 4) is 5.75 Å². The Morgan fingerprint density at radius 2 is 2.00 bits per heavy atom. The van der Waals surface area contributed by atoms with Crippen LogP contribution in [0.5, 0.6) is 5.75 Å². The van der Waals surface area contributed by atoms with Gasteiger partial charge in [-0.3, -0.25) is 0 Å². The van der Waals surface area contributed by atoms with E-state index in [1.807, 2.05) is 11.8 Å². The molecular formula is C14H19F2NOS. The SMILES string of the molecule is CCSC1CCC(NCc2cc(F)c(O)c(F)c2)C1. The number of benzene rings is 1. The molecule has 0 aromatic heterocycles. The molecule has 0 amide bonds. The predicted octanol–water partition coefficient (Wildman–Crippen LogP) is 3.43.